The number of esters is 1. The number of benzene rings is 3. The predicted octanol–water partition coefficient (Wildman–Crippen LogP) is 6.37. The van der Waals surface area contributed by atoms with Gasteiger partial charge in [0.25, 0.3) is 0 Å². The number of hydrogen-bond acceptors (Lipinski definition) is 6. The third-order valence-corrected chi connectivity index (χ3v) is 8.09. The second-order valence-electron chi connectivity index (χ2n) is 11.3. The lowest BCUT2D eigenvalue weighted by molar-refractivity contribution is -0.148. The molecule has 0 unspecified atom stereocenters. The maximum atomic E-state index is 13.8. The molecule has 0 saturated heterocycles. The number of hydrogen-bond donors (Lipinski definition) is 0. The van der Waals surface area contributed by atoms with E-state index in [2.05, 4.69) is 42.8 Å². The summed E-state index contributed by atoms with van der Waals surface area (Å²) in [5.41, 5.74) is 5.06. The van der Waals surface area contributed by atoms with Gasteiger partial charge in [-0.3, -0.25) is 14.6 Å². The number of methoxy groups -OCH3 is 1. The minimum Gasteiger partial charge on any atom is -0.486 e. The maximum Gasteiger partial charge on any atom is 0.323 e. The summed E-state index contributed by atoms with van der Waals surface area (Å²) in [5, 5.41) is 0. The lowest BCUT2D eigenvalue weighted by atomic mass is 9.90. The first-order valence-electron chi connectivity index (χ1n) is 14.2. The van der Waals surface area contributed by atoms with Crippen molar-refractivity contribution in [3.63, 3.8) is 0 Å². The lowest BCUT2D eigenvalue weighted by Gasteiger charge is -2.38. The summed E-state index contributed by atoms with van der Waals surface area (Å²) in [6.45, 7) is 8.24. The summed E-state index contributed by atoms with van der Waals surface area (Å²) in [5.74, 6) is -0.434. The molecule has 8 heteroatoms. The zero-order valence-corrected chi connectivity index (χ0v) is 24.3. The summed E-state index contributed by atoms with van der Waals surface area (Å²) in [4.78, 5) is 17.0. The van der Waals surface area contributed by atoms with Crippen LogP contribution in [0.25, 0.3) is 0 Å². The van der Waals surface area contributed by atoms with Crippen molar-refractivity contribution < 1.29 is 27.8 Å². The Kier molecular flexibility index (Phi) is 8.61. The van der Waals surface area contributed by atoms with Crippen molar-refractivity contribution in [1.29, 1.82) is 0 Å². The van der Waals surface area contributed by atoms with E-state index >= 15 is 0 Å². The summed E-state index contributed by atoms with van der Waals surface area (Å²) in [6, 6.07) is 15.9. The van der Waals surface area contributed by atoms with Crippen molar-refractivity contribution in [2.45, 2.75) is 71.0 Å². The quantitative estimate of drug-likeness (QED) is 0.311. The first-order valence-corrected chi connectivity index (χ1v) is 14.2. The summed E-state index contributed by atoms with van der Waals surface area (Å²) < 4.78 is 45.1. The van der Waals surface area contributed by atoms with Gasteiger partial charge in [0.2, 0.25) is 0 Å². The summed E-state index contributed by atoms with van der Waals surface area (Å²) >= 11 is 0. The molecule has 0 saturated carbocycles. The molecule has 2 aliphatic heterocycles. The van der Waals surface area contributed by atoms with E-state index < -0.39 is 17.7 Å². The number of halogens is 2. The highest BCUT2D eigenvalue weighted by Crippen LogP contribution is 2.37. The largest absolute Gasteiger partial charge is 0.486 e. The molecule has 218 valence electrons. The number of carbonyl (C=O) groups excluding carboxylic acids is 1. The number of carbonyl (C=O) groups is 1. The number of rotatable bonds is 7. The van der Waals surface area contributed by atoms with Gasteiger partial charge in [-0.2, -0.15) is 0 Å². The van der Waals surface area contributed by atoms with Gasteiger partial charge in [0.1, 0.15) is 29.7 Å². The first-order chi connectivity index (χ1) is 19.7. The van der Waals surface area contributed by atoms with Crippen LogP contribution >= 0.6 is 0 Å². The van der Waals surface area contributed by atoms with E-state index in [0.29, 0.717) is 37.2 Å². The highest BCUT2D eigenvalue weighted by atomic mass is 19.2. The summed E-state index contributed by atoms with van der Waals surface area (Å²) in [6.07, 6.45) is 0.650. The fraction of sp³-hybridized carbons (Fsp3) is 0.424. The molecule has 0 N–H and O–H groups in total. The van der Waals surface area contributed by atoms with Crippen LogP contribution in [0, 0.1) is 11.6 Å². The van der Waals surface area contributed by atoms with Gasteiger partial charge in [-0.05, 0) is 86.3 Å². The third-order valence-electron chi connectivity index (χ3n) is 8.09. The molecule has 2 aliphatic rings. The second-order valence-corrected chi connectivity index (χ2v) is 11.3. The van der Waals surface area contributed by atoms with E-state index in [1.807, 2.05) is 31.2 Å². The number of nitrogens with zero attached hydrogens (tertiary/aromatic N) is 2. The maximum absolute atomic E-state index is 13.8. The fourth-order valence-corrected chi connectivity index (χ4v) is 5.85. The second kappa shape index (κ2) is 12.2. The zero-order valence-electron chi connectivity index (χ0n) is 24.3. The average molecular weight is 565 g/mol. The Morgan fingerprint density at radius 2 is 1.76 bits per heavy atom. The molecule has 2 heterocycles. The van der Waals surface area contributed by atoms with Crippen molar-refractivity contribution in [2.24, 2.45) is 0 Å². The Labute approximate surface area is 240 Å². The van der Waals surface area contributed by atoms with Crippen molar-refractivity contribution in [3.8, 4) is 11.5 Å². The molecule has 3 aromatic rings. The number of likely N-dealkylation sites (N-methyl/N-ethyl adjacent to an activating group) is 1. The molecule has 0 aliphatic carbocycles. The van der Waals surface area contributed by atoms with Crippen LogP contribution in [-0.2, 0) is 29.0 Å². The Morgan fingerprint density at radius 3 is 2.41 bits per heavy atom. The smallest absolute Gasteiger partial charge is 0.323 e. The van der Waals surface area contributed by atoms with Crippen LogP contribution in [0.3, 0.4) is 0 Å². The van der Waals surface area contributed by atoms with E-state index in [9.17, 15) is 13.6 Å². The first kappa shape index (κ1) is 29.0. The van der Waals surface area contributed by atoms with Gasteiger partial charge in [0.15, 0.2) is 11.6 Å². The minimum absolute atomic E-state index is 0.186. The standard InChI is InChI=1S/C33H38F2N2O4/c1-6-30(22-9-12-27(34)28(35)14-22)40-26-10-7-21(8-11-26)32-19-36(4)17-25-13-23-15-29(33(38)39-5)37(20(2)3)18-24(23)16-31(25)41-32/h7-14,16,20,29-30,32H,6,15,17-19H2,1-5H3/t29-,30+,32+/m0/s1. The molecular formula is C33H38F2N2O4. The molecule has 3 atom stereocenters. The topological polar surface area (TPSA) is 51.2 Å². The molecule has 0 amide bonds. The molecule has 0 spiro atoms. The fourth-order valence-electron chi connectivity index (χ4n) is 5.85. The van der Waals surface area contributed by atoms with Gasteiger partial charge in [-0.1, -0.05) is 31.2 Å². The van der Waals surface area contributed by atoms with Crippen molar-refractivity contribution in [2.75, 3.05) is 20.7 Å². The number of ether oxygens (including phenoxy) is 3. The Morgan fingerprint density at radius 1 is 1.00 bits per heavy atom. The molecule has 5 rings (SSSR count). The van der Waals surface area contributed by atoms with Crippen LogP contribution in [0.2, 0.25) is 0 Å². The van der Waals surface area contributed by atoms with Gasteiger partial charge >= 0.3 is 5.97 Å². The van der Waals surface area contributed by atoms with Gasteiger partial charge < -0.3 is 14.2 Å². The zero-order chi connectivity index (χ0) is 29.3. The molecule has 0 aromatic heterocycles. The van der Waals surface area contributed by atoms with Gasteiger partial charge in [-0.25, -0.2) is 8.78 Å². The van der Waals surface area contributed by atoms with Crippen molar-refractivity contribution in [1.82, 2.24) is 9.80 Å². The Bertz CT molecular complexity index is 1390. The average Bonchev–Trinajstić information content (AvgIpc) is 3.12. The Hall–Kier alpha value is -3.49. The molecule has 0 bridgehead atoms. The lowest BCUT2D eigenvalue weighted by Crippen LogP contribution is -2.49. The normalized spacial score (nSPS) is 20.0. The van der Waals surface area contributed by atoms with Gasteiger partial charge in [0, 0.05) is 31.2 Å². The Balaban J connectivity index is 1.35. The molecule has 0 radical (unpaired) electrons. The summed E-state index contributed by atoms with van der Waals surface area (Å²) in [7, 11) is 3.53. The number of fused-ring (bicyclic) bond motifs is 2. The monoisotopic (exact) mass is 564 g/mol. The van der Waals surface area contributed by atoms with Crippen LogP contribution in [0.5, 0.6) is 11.5 Å². The van der Waals surface area contributed by atoms with Crippen LogP contribution in [-0.4, -0.2) is 48.6 Å². The minimum atomic E-state index is -0.878. The molecule has 3 aromatic carbocycles. The van der Waals surface area contributed by atoms with Crippen LogP contribution in [0.15, 0.2) is 54.6 Å². The van der Waals surface area contributed by atoms with E-state index in [0.717, 1.165) is 29.5 Å². The third kappa shape index (κ3) is 6.23. The van der Waals surface area contributed by atoms with E-state index in [1.165, 1.54) is 24.3 Å². The van der Waals surface area contributed by atoms with E-state index in [-0.39, 0.29) is 24.2 Å². The predicted molar refractivity (Wildman–Crippen MR) is 153 cm³/mol. The van der Waals surface area contributed by atoms with E-state index in [1.54, 1.807) is 6.07 Å². The SMILES string of the molecule is CC[C@@H](Oc1ccc([C@H]2CN(C)Cc3cc4c(cc3O2)CN(C(C)C)[C@H](C(=O)OC)C4)cc1)c1ccc(F)c(F)c1. The van der Waals surface area contributed by atoms with Gasteiger partial charge in [0.05, 0.1) is 7.11 Å². The molecule has 0 fully saturated rings. The molecule has 41 heavy (non-hydrogen) atoms. The van der Waals surface area contributed by atoms with Gasteiger partial charge in [-0.15, -0.1) is 0 Å². The highest BCUT2D eigenvalue weighted by molar-refractivity contribution is 5.76. The molecular weight excluding hydrogens is 526 g/mol. The van der Waals surface area contributed by atoms with Crippen molar-refractivity contribution >= 4 is 5.97 Å². The van der Waals surface area contributed by atoms with Crippen LogP contribution in [0.1, 0.15) is 67.2 Å². The van der Waals surface area contributed by atoms with Crippen LogP contribution in [0.4, 0.5) is 8.78 Å². The van der Waals surface area contributed by atoms with E-state index in [4.69, 9.17) is 14.2 Å². The highest BCUT2D eigenvalue weighted by Gasteiger charge is 2.35. The van der Waals surface area contributed by atoms with Crippen molar-refractivity contribution in [3.05, 3.63) is 94.0 Å². The molecule has 6 nitrogen and oxygen atoms in total. The van der Waals surface area contributed by atoms with Crippen LogP contribution < -0.4 is 9.47 Å².